The molecular formula is C33H23AuFOP. The van der Waals surface area contributed by atoms with Gasteiger partial charge in [0.05, 0.1) is 0 Å². The summed E-state index contributed by atoms with van der Waals surface area (Å²) in [5.41, 5.74) is 1.43. The Morgan fingerprint density at radius 3 is 1.49 bits per heavy atom. The molecule has 0 radical (unpaired) electrons. The van der Waals surface area contributed by atoms with Crippen LogP contribution in [-0.4, -0.2) is 5.78 Å². The Labute approximate surface area is 234 Å². The second-order valence-electron chi connectivity index (χ2n) is 7.88. The number of rotatable bonds is 5. The Morgan fingerprint density at radius 1 is 0.595 bits per heavy atom. The van der Waals surface area contributed by atoms with E-state index in [1.165, 1.54) is 40.2 Å². The van der Waals surface area contributed by atoms with E-state index in [9.17, 15) is 9.18 Å². The summed E-state index contributed by atoms with van der Waals surface area (Å²) in [6, 6.07) is 44.3. The minimum atomic E-state index is -0.446. The molecule has 5 rings (SSSR count). The van der Waals surface area contributed by atoms with Crippen LogP contribution in [0, 0.1) is 18.2 Å². The van der Waals surface area contributed by atoms with Crippen LogP contribution in [0.15, 0.2) is 140 Å². The summed E-state index contributed by atoms with van der Waals surface area (Å²) in [7, 11) is -0.446. The molecule has 0 saturated heterocycles. The number of carbonyl (C=O) groups excluding carboxylic acids is 1. The van der Waals surface area contributed by atoms with Gasteiger partial charge in [-0.05, 0) is 48.1 Å². The first-order valence-corrected chi connectivity index (χ1v) is 12.8. The van der Waals surface area contributed by atoms with Gasteiger partial charge in [0.25, 0.3) is 0 Å². The number of halogens is 1. The molecule has 0 aliphatic rings. The third kappa shape index (κ3) is 7.70. The van der Waals surface area contributed by atoms with Gasteiger partial charge in [-0.25, -0.2) is 4.39 Å². The van der Waals surface area contributed by atoms with Crippen LogP contribution >= 0.6 is 7.92 Å². The fraction of sp³-hybridized carbons (Fsp3) is 0. The van der Waals surface area contributed by atoms with Gasteiger partial charge < -0.3 is 6.42 Å². The normalized spacial score (nSPS) is 9.86. The number of benzene rings is 5. The molecule has 0 N–H and O–H groups in total. The van der Waals surface area contributed by atoms with E-state index in [0.717, 1.165) is 0 Å². The molecule has 0 aromatic heterocycles. The van der Waals surface area contributed by atoms with Crippen molar-refractivity contribution in [3.05, 3.63) is 168 Å². The number of carbonyl (C=O) groups is 1. The van der Waals surface area contributed by atoms with Crippen molar-refractivity contribution < 1.29 is 31.6 Å². The minimum absolute atomic E-state index is 0. The van der Waals surface area contributed by atoms with Crippen molar-refractivity contribution in [2.24, 2.45) is 0 Å². The molecule has 0 fully saturated rings. The summed E-state index contributed by atoms with van der Waals surface area (Å²) >= 11 is 0. The van der Waals surface area contributed by atoms with Crippen LogP contribution in [-0.2, 0) is 22.4 Å². The van der Waals surface area contributed by atoms with Crippen molar-refractivity contribution in [1.82, 2.24) is 0 Å². The largest absolute Gasteiger partial charge is 1.00 e. The molecule has 5 aromatic carbocycles. The second-order valence-corrected chi connectivity index (χ2v) is 10.1. The van der Waals surface area contributed by atoms with Crippen molar-refractivity contribution in [1.29, 1.82) is 0 Å². The maximum absolute atomic E-state index is 12.7. The first kappa shape index (κ1) is 28.0. The van der Waals surface area contributed by atoms with Crippen LogP contribution < -0.4 is 15.9 Å². The molecular weight excluding hydrogens is 659 g/mol. The van der Waals surface area contributed by atoms with Crippen LogP contribution in [0.25, 0.3) is 0 Å². The fourth-order valence-electron chi connectivity index (χ4n) is 3.68. The van der Waals surface area contributed by atoms with Crippen LogP contribution in [0.2, 0.25) is 0 Å². The van der Waals surface area contributed by atoms with Crippen LogP contribution in [0.1, 0.15) is 21.5 Å². The average Bonchev–Trinajstić information content (AvgIpc) is 2.95. The zero-order chi connectivity index (χ0) is 25.2. The van der Waals surface area contributed by atoms with Crippen LogP contribution in [0.4, 0.5) is 4.39 Å². The van der Waals surface area contributed by atoms with Gasteiger partial charge in [0.15, 0.2) is 5.78 Å². The Hall–Kier alpha value is -3.57. The van der Waals surface area contributed by atoms with Gasteiger partial charge in [-0.15, -0.1) is 17.7 Å². The van der Waals surface area contributed by atoms with Crippen LogP contribution in [0.3, 0.4) is 0 Å². The van der Waals surface area contributed by atoms with Crippen molar-refractivity contribution in [2.45, 2.75) is 0 Å². The molecule has 0 saturated carbocycles. The fourth-order valence-corrected chi connectivity index (χ4v) is 5.99. The summed E-state index contributed by atoms with van der Waals surface area (Å²) in [6.45, 7) is 0. The molecule has 0 amide bonds. The molecule has 4 heteroatoms. The molecule has 0 aliphatic heterocycles. The van der Waals surface area contributed by atoms with Crippen LogP contribution in [0.5, 0.6) is 0 Å². The zero-order valence-electron chi connectivity index (χ0n) is 19.8. The Balaban J connectivity index is 0.000000201. The van der Waals surface area contributed by atoms with Gasteiger partial charge in [0, 0.05) is 11.1 Å². The molecule has 0 unspecified atom stereocenters. The van der Waals surface area contributed by atoms with E-state index in [0.29, 0.717) is 16.7 Å². The van der Waals surface area contributed by atoms with Gasteiger partial charge in [0.1, 0.15) is 5.82 Å². The van der Waals surface area contributed by atoms with E-state index < -0.39 is 7.92 Å². The summed E-state index contributed by atoms with van der Waals surface area (Å²) in [5.74, 6) is 1.66. The van der Waals surface area contributed by atoms with E-state index in [4.69, 9.17) is 6.42 Å². The minimum Gasteiger partial charge on any atom is -0.366 e. The molecule has 0 heterocycles. The SMILES string of the molecule is [Au+].[C-]#Cc1cccc(C(=O)c2ccc(F)cc2)c1.c1ccc(P(c2ccccc2)c2ccccc2)cc1. The van der Waals surface area contributed by atoms with Crippen molar-refractivity contribution in [3.8, 4) is 5.92 Å². The summed E-state index contributed by atoms with van der Waals surface area (Å²) < 4.78 is 12.7. The third-order valence-corrected chi connectivity index (χ3v) is 7.86. The number of hydrogen-bond acceptors (Lipinski definition) is 1. The van der Waals surface area contributed by atoms with E-state index in [1.807, 2.05) is 0 Å². The topological polar surface area (TPSA) is 17.1 Å². The maximum Gasteiger partial charge on any atom is 1.00 e. The molecule has 0 spiro atoms. The van der Waals surface area contributed by atoms with E-state index >= 15 is 0 Å². The molecule has 5 aromatic rings. The quantitative estimate of drug-likeness (QED) is 0.0687. The van der Waals surface area contributed by atoms with E-state index in [-0.39, 0.29) is 34.0 Å². The predicted octanol–water partition coefficient (Wildman–Crippen LogP) is 6.44. The first-order valence-electron chi connectivity index (χ1n) is 11.4. The molecule has 0 bridgehead atoms. The third-order valence-electron chi connectivity index (χ3n) is 5.42. The van der Waals surface area contributed by atoms with Crippen molar-refractivity contribution in [2.75, 3.05) is 0 Å². The van der Waals surface area contributed by atoms with Gasteiger partial charge in [-0.2, -0.15) is 0 Å². The van der Waals surface area contributed by atoms with Gasteiger partial charge in [0.2, 0.25) is 0 Å². The monoisotopic (exact) mass is 682 g/mol. The van der Waals surface area contributed by atoms with Crippen molar-refractivity contribution in [3.63, 3.8) is 0 Å². The summed E-state index contributed by atoms with van der Waals surface area (Å²) in [6.07, 6.45) is 7.00. The predicted molar refractivity (Wildman–Crippen MR) is 148 cm³/mol. The molecule has 0 aliphatic carbocycles. The zero-order valence-corrected chi connectivity index (χ0v) is 22.9. The summed E-state index contributed by atoms with van der Waals surface area (Å²) in [5, 5.41) is 4.19. The maximum atomic E-state index is 12.7. The van der Waals surface area contributed by atoms with E-state index in [2.05, 4.69) is 96.9 Å². The van der Waals surface area contributed by atoms with Crippen molar-refractivity contribution >= 4 is 29.6 Å². The standard InChI is InChI=1S/C18H15P.C15H8FO.Au/c1-4-10-16(11-5-1)19(17-12-6-2-7-13-17)18-14-8-3-9-15-18;1-2-11-4-3-5-13(10-11)15(17)12-6-8-14(16)9-7-12;/h1-15H;3-10H;/q;-1;+1. The van der Waals surface area contributed by atoms with Gasteiger partial charge in [-0.1, -0.05) is 103 Å². The molecule has 1 nitrogen and oxygen atoms in total. The van der Waals surface area contributed by atoms with E-state index in [1.54, 1.807) is 24.3 Å². The average molecular weight is 682 g/mol. The summed E-state index contributed by atoms with van der Waals surface area (Å²) in [4.78, 5) is 12.0. The van der Waals surface area contributed by atoms with Gasteiger partial charge in [-0.3, -0.25) is 10.7 Å². The first-order chi connectivity index (χ1) is 17.7. The smallest absolute Gasteiger partial charge is 0.366 e. The Morgan fingerprint density at radius 2 is 1.05 bits per heavy atom. The number of ketones is 1. The number of hydrogen-bond donors (Lipinski definition) is 0. The molecule has 37 heavy (non-hydrogen) atoms. The molecule has 0 atom stereocenters. The second kappa shape index (κ2) is 14.2. The van der Waals surface area contributed by atoms with Gasteiger partial charge >= 0.3 is 22.4 Å². The molecule has 184 valence electrons. The Kier molecular flexibility index (Phi) is 10.8. The Bertz CT molecular complexity index is 1350.